The van der Waals surface area contributed by atoms with Crippen molar-refractivity contribution >= 4 is 29.1 Å². The quantitative estimate of drug-likeness (QED) is 0.804. The highest BCUT2D eigenvalue weighted by molar-refractivity contribution is 6.42. The summed E-state index contributed by atoms with van der Waals surface area (Å²) in [5, 5.41) is 0.774. The summed E-state index contributed by atoms with van der Waals surface area (Å²) in [4.78, 5) is 14.1. The summed E-state index contributed by atoms with van der Waals surface area (Å²) < 4.78 is 10.5. The highest BCUT2D eigenvalue weighted by Crippen LogP contribution is 2.27. The molecule has 0 aromatic heterocycles. The zero-order chi connectivity index (χ0) is 17.0. The number of rotatable bonds is 5. The first-order valence-electron chi connectivity index (χ1n) is 6.87. The second kappa shape index (κ2) is 7.57. The van der Waals surface area contributed by atoms with Crippen LogP contribution in [0.3, 0.4) is 0 Å². The number of halogens is 2. The van der Waals surface area contributed by atoms with Crippen molar-refractivity contribution in [3.05, 3.63) is 57.6 Å². The van der Waals surface area contributed by atoms with E-state index in [1.807, 2.05) is 12.1 Å². The number of ether oxygens (including phenoxy) is 2. The Bertz CT molecular complexity index is 719. The third-order valence-corrected chi connectivity index (χ3v) is 4.15. The van der Waals surface area contributed by atoms with Crippen molar-refractivity contribution in [1.29, 1.82) is 0 Å². The van der Waals surface area contributed by atoms with E-state index in [0.29, 0.717) is 33.7 Å². The molecule has 0 heterocycles. The molecular weight excluding hydrogens is 337 g/mol. The lowest BCUT2D eigenvalue weighted by molar-refractivity contribution is 0.0784. The molecule has 0 aliphatic carbocycles. The summed E-state index contributed by atoms with van der Waals surface area (Å²) >= 11 is 11.8. The monoisotopic (exact) mass is 353 g/mol. The van der Waals surface area contributed by atoms with Gasteiger partial charge in [0, 0.05) is 30.8 Å². The highest BCUT2D eigenvalue weighted by Gasteiger charge is 2.15. The van der Waals surface area contributed by atoms with Gasteiger partial charge in [0.15, 0.2) is 0 Å². The molecule has 4 nitrogen and oxygen atoms in total. The summed E-state index contributed by atoms with van der Waals surface area (Å²) in [5.74, 6) is 1.21. The molecule has 0 unspecified atom stereocenters. The molecule has 0 fully saturated rings. The Morgan fingerprint density at radius 3 is 2.39 bits per heavy atom. The van der Waals surface area contributed by atoms with Crippen molar-refractivity contribution < 1.29 is 14.3 Å². The number of hydrogen-bond donors (Lipinski definition) is 0. The Balaban J connectivity index is 2.19. The van der Waals surface area contributed by atoms with Crippen LogP contribution in [0.2, 0.25) is 10.0 Å². The number of carbonyl (C=O) groups is 1. The van der Waals surface area contributed by atoms with E-state index >= 15 is 0 Å². The van der Waals surface area contributed by atoms with Crippen LogP contribution in [0.1, 0.15) is 15.9 Å². The van der Waals surface area contributed by atoms with Crippen molar-refractivity contribution in [1.82, 2.24) is 4.90 Å². The van der Waals surface area contributed by atoms with Crippen LogP contribution in [0, 0.1) is 0 Å². The molecule has 23 heavy (non-hydrogen) atoms. The van der Waals surface area contributed by atoms with Gasteiger partial charge in [-0.25, -0.2) is 0 Å². The number of nitrogens with zero attached hydrogens (tertiary/aromatic N) is 1. The molecule has 2 rings (SSSR count). The van der Waals surface area contributed by atoms with E-state index in [1.165, 1.54) is 0 Å². The SMILES string of the molecule is COc1ccc(CN(C)C(=O)c2ccc(Cl)c(Cl)c2)c(OC)c1. The summed E-state index contributed by atoms with van der Waals surface area (Å²) in [6.45, 7) is 0.395. The number of carbonyl (C=O) groups excluding carboxylic acids is 1. The van der Waals surface area contributed by atoms with E-state index in [4.69, 9.17) is 32.7 Å². The number of methoxy groups -OCH3 is 2. The molecule has 0 aliphatic heterocycles. The minimum absolute atomic E-state index is 0.151. The van der Waals surface area contributed by atoms with Gasteiger partial charge in [-0.05, 0) is 30.3 Å². The molecular formula is C17H17Cl2NO3. The van der Waals surface area contributed by atoms with E-state index in [2.05, 4.69) is 0 Å². The number of benzene rings is 2. The van der Waals surface area contributed by atoms with Gasteiger partial charge in [-0.15, -0.1) is 0 Å². The Morgan fingerprint density at radius 2 is 1.78 bits per heavy atom. The normalized spacial score (nSPS) is 10.3. The lowest BCUT2D eigenvalue weighted by Crippen LogP contribution is -2.26. The topological polar surface area (TPSA) is 38.8 Å². The van der Waals surface area contributed by atoms with E-state index in [0.717, 1.165) is 5.56 Å². The van der Waals surface area contributed by atoms with Crippen molar-refractivity contribution in [2.24, 2.45) is 0 Å². The second-order valence-electron chi connectivity index (χ2n) is 4.97. The molecule has 0 atom stereocenters. The van der Waals surface area contributed by atoms with Gasteiger partial charge >= 0.3 is 0 Å². The first-order chi connectivity index (χ1) is 11.0. The molecule has 2 aromatic rings. The second-order valence-corrected chi connectivity index (χ2v) is 5.78. The molecule has 0 aliphatic rings. The van der Waals surface area contributed by atoms with E-state index in [9.17, 15) is 4.79 Å². The maximum absolute atomic E-state index is 12.5. The molecule has 0 saturated heterocycles. The van der Waals surface area contributed by atoms with Crippen LogP contribution in [-0.2, 0) is 6.54 Å². The van der Waals surface area contributed by atoms with Gasteiger partial charge in [0.05, 0.1) is 24.3 Å². The average Bonchev–Trinajstić information content (AvgIpc) is 2.56. The minimum atomic E-state index is -0.151. The van der Waals surface area contributed by atoms with Crippen LogP contribution in [0.15, 0.2) is 36.4 Å². The fraction of sp³-hybridized carbons (Fsp3) is 0.235. The first kappa shape index (κ1) is 17.4. The van der Waals surface area contributed by atoms with Gasteiger partial charge in [0.25, 0.3) is 5.91 Å². The number of hydrogen-bond acceptors (Lipinski definition) is 3. The zero-order valence-electron chi connectivity index (χ0n) is 13.1. The molecule has 0 bridgehead atoms. The summed E-state index contributed by atoms with van der Waals surface area (Å²) in [5.41, 5.74) is 1.36. The lowest BCUT2D eigenvalue weighted by Gasteiger charge is -2.19. The summed E-state index contributed by atoms with van der Waals surface area (Å²) in [6.07, 6.45) is 0. The Hall–Kier alpha value is -1.91. The van der Waals surface area contributed by atoms with Crippen LogP contribution < -0.4 is 9.47 Å². The van der Waals surface area contributed by atoms with Crippen LogP contribution in [0.4, 0.5) is 0 Å². The van der Waals surface area contributed by atoms with Crippen molar-refractivity contribution in [2.45, 2.75) is 6.54 Å². The largest absolute Gasteiger partial charge is 0.497 e. The standard InChI is InChI=1S/C17H17Cl2NO3/c1-20(17(21)11-5-7-14(18)15(19)8-11)10-12-4-6-13(22-2)9-16(12)23-3/h4-9H,10H2,1-3H3. The van der Waals surface area contributed by atoms with E-state index < -0.39 is 0 Å². The summed E-state index contributed by atoms with van der Waals surface area (Å²) in [7, 11) is 4.89. The van der Waals surface area contributed by atoms with Crippen molar-refractivity contribution in [3.63, 3.8) is 0 Å². The van der Waals surface area contributed by atoms with Crippen molar-refractivity contribution in [2.75, 3.05) is 21.3 Å². The molecule has 6 heteroatoms. The maximum atomic E-state index is 12.5. The molecule has 0 saturated carbocycles. The van der Waals surface area contributed by atoms with Gasteiger partial charge in [-0.1, -0.05) is 23.2 Å². The van der Waals surface area contributed by atoms with Gasteiger partial charge in [0.1, 0.15) is 11.5 Å². The smallest absolute Gasteiger partial charge is 0.253 e. The predicted octanol–water partition coefficient (Wildman–Crippen LogP) is 4.28. The molecule has 122 valence electrons. The molecule has 2 aromatic carbocycles. The Kier molecular flexibility index (Phi) is 5.74. The molecule has 0 radical (unpaired) electrons. The zero-order valence-corrected chi connectivity index (χ0v) is 14.6. The van der Waals surface area contributed by atoms with Gasteiger partial charge < -0.3 is 14.4 Å². The molecule has 0 spiro atoms. The first-order valence-corrected chi connectivity index (χ1v) is 7.63. The Morgan fingerprint density at radius 1 is 1.04 bits per heavy atom. The highest BCUT2D eigenvalue weighted by atomic mass is 35.5. The lowest BCUT2D eigenvalue weighted by atomic mass is 10.1. The predicted molar refractivity (Wildman–Crippen MR) is 91.8 cm³/mol. The average molecular weight is 354 g/mol. The van der Waals surface area contributed by atoms with Crippen molar-refractivity contribution in [3.8, 4) is 11.5 Å². The maximum Gasteiger partial charge on any atom is 0.253 e. The minimum Gasteiger partial charge on any atom is -0.497 e. The van der Waals surface area contributed by atoms with Gasteiger partial charge in [-0.3, -0.25) is 4.79 Å². The van der Waals surface area contributed by atoms with Crippen LogP contribution in [0.25, 0.3) is 0 Å². The number of amides is 1. The summed E-state index contributed by atoms with van der Waals surface area (Å²) in [6, 6.07) is 10.3. The van der Waals surface area contributed by atoms with Gasteiger partial charge in [0.2, 0.25) is 0 Å². The fourth-order valence-electron chi connectivity index (χ4n) is 2.16. The molecule has 0 N–H and O–H groups in total. The van der Waals surface area contributed by atoms with E-state index in [1.54, 1.807) is 50.4 Å². The van der Waals surface area contributed by atoms with E-state index in [-0.39, 0.29) is 5.91 Å². The third-order valence-electron chi connectivity index (χ3n) is 3.42. The fourth-order valence-corrected chi connectivity index (χ4v) is 2.46. The Labute approximate surface area is 145 Å². The van der Waals surface area contributed by atoms with Gasteiger partial charge in [-0.2, -0.15) is 0 Å². The van der Waals surface area contributed by atoms with Crippen LogP contribution in [0.5, 0.6) is 11.5 Å². The third kappa shape index (κ3) is 4.09. The van der Waals surface area contributed by atoms with Crippen LogP contribution >= 0.6 is 23.2 Å². The molecule has 1 amide bonds. The van der Waals surface area contributed by atoms with Crippen LogP contribution in [-0.4, -0.2) is 32.1 Å².